The zero-order valence-corrected chi connectivity index (χ0v) is 18.5. The van der Waals surface area contributed by atoms with E-state index in [0.717, 1.165) is 5.56 Å². The molecule has 0 spiro atoms. The molecule has 26 heavy (non-hydrogen) atoms. The van der Waals surface area contributed by atoms with Crippen molar-refractivity contribution in [2.75, 3.05) is 19.8 Å². The first-order valence-corrected chi connectivity index (χ1v) is 14.0. The summed E-state index contributed by atoms with van der Waals surface area (Å²) in [6.45, 7) is 7.34. The predicted octanol–water partition coefficient (Wildman–Crippen LogP) is 5.78. The Morgan fingerprint density at radius 2 is 1.50 bits per heavy atom. The first-order valence-electron chi connectivity index (χ1n) is 9.26. The summed E-state index contributed by atoms with van der Waals surface area (Å²) in [5.74, 6) is 8.14. The van der Waals surface area contributed by atoms with Crippen LogP contribution in [-0.2, 0) is 0 Å². The van der Waals surface area contributed by atoms with Crippen molar-refractivity contribution in [3.63, 3.8) is 0 Å². The summed E-state index contributed by atoms with van der Waals surface area (Å²) < 4.78 is 0. The summed E-state index contributed by atoms with van der Waals surface area (Å²) in [6, 6.07) is 22.7. The minimum atomic E-state index is -1.03. The predicted molar refractivity (Wildman–Crippen MR) is 121 cm³/mol. The fourth-order valence-corrected chi connectivity index (χ4v) is 6.68. The van der Waals surface area contributed by atoms with Crippen LogP contribution in [0.25, 0.3) is 0 Å². The van der Waals surface area contributed by atoms with Crippen molar-refractivity contribution in [1.29, 1.82) is 0 Å². The maximum Gasteiger partial charge on any atom is 0.0874 e. The van der Waals surface area contributed by atoms with Crippen molar-refractivity contribution >= 4 is 19.8 Å². The fourth-order valence-electron chi connectivity index (χ4n) is 2.66. The molecule has 0 bridgehead atoms. The van der Waals surface area contributed by atoms with Gasteiger partial charge in [-0.05, 0) is 43.6 Å². The maximum absolute atomic E-state index is 3.55. The lowest BCUT2D eigenvalue weighted by molar-refractivity contribution is 0.347. The third kappa shape index (κ3) is 7.03. The number of benzene rings is 2. The second kappa shape index (κ2) is 10.0. The Morgan fingerprint density at radius 3 is 2.04 bits per heavy atom. The maximum atomic E-state index is 3.55. The average Bonchev–Trinajstić information content (AvgIpc) is 2.61. The largest absolute Gasteiger partial charge is 0.295 e. The smallest absolute Gasteiger partial charge is 0.0874 e. The van der Waals surface area contributed by atoms with E-state index < -0.39 is 8.07 Å². The summed E-state index contributed by atoms with van der Waals surface area (Å²) in [5.41, 5.74) is 2.45. The van der Waals surface area contributed by atoms with Gasteiger partial charge in [-0.15, -0.1) is 0 Å². The van der Waals surface area contributed by atoms with Crippen molar-refractivity contribution < 1.29 is 0 Å². The summed E-state index contributed by atoms with van der Waals surface area (Å²) in [5, 5.41) is 0.360. The van der Waals surface area contributed by atoms with Crippen molar-refractivity contribution in [1.82, 2.24) is 4.90 Å². The van der Waals surface area contributed by atoms with Gasteiger partial charge in [-0.2, -0.15) is 11.8 Å². The third-order valence-electron chi connectivity index (χ3n) is 4.26. The molecule has 0 aromatic heterocycles. The van der Waals surface area contributed by atoms with Gasteiger partial charge in [-0.1, -0.05) is 80.0 Å². The molecule has 1 nitrogen and oxygen atoms in total. The van der Waals surface area contributed by atoms with Crippen molar-refractivity contribution in [2.45, 2.75) is 37.0 Å². The van der Waals surface area contributed by atoms with Crippen LogP contribution in [-0.4, -0.2) is 38.9 Å². The standard InChI is InChI=1S/C23H31NSSi/c1-24(2)22(17-16-20-12-8-6-9-13-20)23(21-14-10-7-11-15-21)25-18-19-26(3,4)5/h6-15,22-23H,18-19H2,1-5H3. The zero-order chi connectivity index (χ0) is 19.0. The van der Waals surface area contributed by atoms with Gasteiger partial charge in [0.25, 0.3) is 0 Å². The summed E-state index contributed by atoms with van der Waals surface area (Å²) in [4.78, 5) is 2.26. The van der Waals surface area contributed by atoms with Crippen molar-refractivity contribution in [2.24, 2.45) is 0 Å². The SMILES string of the molecule is CN(C)C(C#Cc1ccccc1)C(SCC[Si](C)(C)C)c1ccccc1. The van der Waals surface area contributed by atoms with Crippen LogP contribution in [0, 0.1) is 11.8 Å². The van der Waals surface area contributed by atoms with E-state index in [1.54, 1.807) is 0 Å². The van der Waals surface area contributed by atoms with E-state index in [-0.39, 0.29) is 6.04 Å². The van der Waals surface area contributed by atoms with E-state index in [1.807, 2.05) is 18.2 Å². The van der Waals surface area contributed by atoms with Gasteiger partial charge < -0.3 is 0 Å². The minimum Gasteiger partial charge on any atom is -0.295 e. The number of nitrogens with zero attached hydrogens (tertiary/aromatic N) is 1. The Morgan fingerprint density at radius 1 is 0.923 bits per heavy atom. The molecule has 138 valence electrons. The van der Waals surface area contributed by atoms with Crippen LogP contribution in [0.4, 0.5) is 0 Å². The highest BCUT2D eigenvalue weighted by atomic mass is 32.2. The molecule has 0 N–H and O–H groups in total. The van der Waals surface area contributed by atoms with E-state index in [2.05, 4.69) is 105 Å². The van der Waals surface area contributed by atoms with Gasteiger partial charge in [-0.25, -0.2) is 0 Å². The van der Waals surface area contributed by atoms with Gasteiger partial charge in [0.1, 0.15) is 0 Å². The number of thioether (sulfide) groups is 1. The molecule has 3 heteroatoms. The van der Waals surface area contributed by atoms with Gasteiger partial charge in [0, 0.05) is 13.6 Å². The molecule has 0 aliphatic heterocycles. The Labute approximate surface area is 165 Å². The first-order chi connectivity index (χ1) is 12.4. The highest BCUT2D eigenvalue weighted by Gasteiger charge is 2.25. The fraction of sp³-hybridized carbons (Fsp3) is 0.391. The minimum absolute atomic E-state index is 0.184. The molecule has 2 aromatic rings. The lowest BCUT2D eigenvalue weighted by Gasteiger charge is -2.29. The molecule has 2 rings (SSSR count). The van der Waals surface area contributed by atoms with E-state index in [4.69, 9.17) is 0 Å². The highest BCUT2D eigenvalue weighted by Crippen LogP contribution is 2.35. The molecule has 0 amide bonds. The Bertz CT molecular complexity index is 711. The third-order valence-corrected chi connectivity index (χ3v) is 7.70. The van der Waals surface area contributed by atoms with Crippen LogP contribution in [0.2, 0.25) is 25.7 Å². The molecule has 0 fully saturated rings. The van der Waals surface area contributed by atoms with Crippen LogP contribution in [0.3, 0.4) is 0 Å². The Hall–Kier alpha value is -1.47. The molecule has 0 radical (unpaired) electrons. The molecule has 2 unspecified atom stereocenters. The number of likely N-dealkylation sites (N-methyl/N-ethyl adjacent to an activating group) is 1. The van der Waals surface area contributed by atoms with Crippen molar-refractivity contribution in [3.05, 3.63) is 71.8 Å². The summed E-state index contributed by atoms with van der Waals surface area (Å²) in [6.07, 6.45) is 0. The zero-order valence-electron chi connectivity index (χ0n) is 16.7. The van der Waals surface area contributed by atoms with Crippen LogP contribution >= 0.6 is 11.8 Å². The quantitative estimate of drug-likeness (QED) is 0.442. The van der Waals surface area contributed by atoms with Crippen LogP contribution in [0.1, 0.15) is 16.4 Å². The Balaban J connectivity index is 2.26. The second-order valence-electron chi connectivity index (χ2n) is 8.06. The van der Waals surface area contributed by atoms with E-state index >= 15 is 0 Å². The molecule has 0 aliphatic rings. The highest BCUT2D eigenvalue weighted by molar-refractivity contribution is 7.99. The first kappa shape index (κ1) is 20.8. The number of rotatable bonds is 7. The van der Waals surface area contributed by atoms with E-state index in [9.17, 15) is 0 Å². The molecule has 0 aliphatic carbocycles. The Kier molecular flexibility index (Phi) is 8.03. The van der Waals surface area contributed by atoms with E-state index in [0.29, 0.717) is 5.25 Å². The lowest BCUT2D eigenvalue weighted by Crippen LogP contribution is -2.32. The molecule has 0 heterocycles. The van der Waals surface area contributed by atoms with Crippen LogP contribution < -0.4 is 0 Å². The summed E-state index contributed by atoms with van der Waals surface area (Å²) in [7, 11) is 3.25. The normalized spacial score (nSPS) is 13.8. The van der Waals surface area contributed by atoms with Gasteiger partial charge in [-0.3, -0.25) is 4.90 Å². The molecule has 2 atom stereocenters. The average molecular weight is 382 g/mol. The molecule has 0 saturated heterocycles. The second-order valence-corrected chi connectivity index (χ2v) is 14.9. The van der Waals surface area contributed by atoms with Gasteiger partial charge >= 0.3 is 0 Å². The topological polar surface area (TPSA) is 3.24 Å². The van der Waals surface area contributed by atoms with Crippen molar-refractivity contribution in [3.8, 4) is 11.8 Å². The van der Waals surface area contributed by atoms with Gasteiger partial charge in [0.15, 0.2) is 0 Å². The molecular weight excluding hydrogens is 350 g/mol. The summed E-state index contributed by atoms with van der Waals surface area (Å²) >= 11 is 2.06. The van der Waals surface area contributed by atoms with E-state index in [1.165, 1.54) is 17.4 Å². The van der Waals surface area contributed by atoms with Gasteiger partial charge in [0.05, 0.1) is 11.3 Å². The van der Waals surface area contributed by atoms with Crippen LogP contribution in [0.5, 0.6) is 0 Å². The molecule has 2 aromatic carbocycles. The monoisotopic (exact) mass is 381 g/mol. The van der Waals surface area contributed by atoms with Gasteiger partial charge in [0.2, 0.25) is 0 Å². The molecular formula is C23H31NSSi. The number of hydrogen-bond donors (Lipinski definition) is 0. The molecule has 0 saturated carbocycles. The lowest BCUT2D eigenvalue weighted by atomic mass is 10.0. The number of hydrogen-bond acceptors (Lipinski definition) is 2. The van der Waals surface area contributed by atoms with Crippen LogP contribution in [0.15, 0.2) is 60.7 Å².